The second-order valence-electron chi connectivity index (χ2n) is 5.32. The molecule has 2 rings (SSSR count). The molecule has 3 nitrogen and oxygen atoms in total. The minimum Gasteiger partial charge on any atom is -0.342 e. The molecule has 0 aromatic carbocycles. The molecule has 0 saturated carbocycles. The summed E-state index contributed by atoms with van der Waals surface area (Å²) in [6.07, 6.45) is 1.61. The number of thiazole rings is 1. The number of hydrogen-bond donors (Lipinski definition) is 1. The average molecular weight is 284 g/mol. The molecule has 5 heteroatoms. The third-order valence-corrected chi connectivity index (χ3v) is 5.26. The van der Waals surface area contributed by atoms with Gasteiger partial charge in [0, 0.05) is 23.7 Å². The summed E-state index contributed by atoms with van der Waals surface area (Å²) < 4.78 is 0.760. The van der Waals surface area contributed by atoms with Gasteiger partial charge in [0.15, 0.2) is 3.95 Å². The number of aromatic amines is 1. The summed E-state index contributed by atoms with van der Waals surface area (Å²) in [5.41, 5.74) is 1.04. The summed E-state index contributed by atoms with van der Waals surface area (Å²) in [4.78, 5) is 18.4. The number of likely N-dealkylation sites (tertiary alicyclic amines) is 1. The molecule has 1 aromatic heterocycles. The first kappa shape index (κ1) is 13.7. The third-order valence-electron chi connectivity index (χ3n) is 3.92. The molecule has 0 aliphatic carbocycles. The first-order valence-corrected chi connectivity index (χ1v) is 7.66. The Hall–Kier alpha value is -0.680. The number of carbonyl (C=O) groups is 1. The smallest absolute Gasteiger partial charge is 0.227 e. The first-order chi connectivity index (χ1) is 8.47. The normalized spacial score (nSPS) is 24.3. The van der Waals surface area contributed by atoms with Crippen LogP contribution < -0.4 is 0 Å². The van der Waals surface area contributed by atoms with Crippen molar-refractivity contribution in [2.24, 2.45) is 11.8 Å². The van der Waals surface area contributed by atoms with E-state index in [1.54, 1.807) is 0 Å². The van der Waals surface area contributed by atoms with Crippen LogP contribution in [0.5, 0.6) is 0 Å². The molecule has 1 aromatic rings. The lowest BCUT2D eigenvalue weighted by Crippen LogP contribution is -2.42. The van der Waals surface area contributed by atoms with E-state index in [-0.39, 0.29) is 5.91 Å². The SMILES string of the molecule is Cc1[nH]c(=S)sc1CC(=O)N1CCC(C)C(C)C1. The number of hydrogen-bond acceptors (Lipinski definition) is 3. The maximum Gasteiger partial charge on any atom is 0.227 e. The summed E-state index contributed by atoms with van der Waals surface area (Å²) in [6.45, 7) is 8.29. The molecule has 2 atom stereocenters. The van der Waals surface area contributed by atoms with Gasteiger partial charge in [0.2, 0.25) is 5.91 Å². The van der Waals surface area contributed by atoms with Crippen LogP contribution in [0.2, 0.25) is 0 Å². The lowest BCUT2D eigenvalue weighted by molar-refractivity contribution is -0.132. The number of amides is 1. The van der Waals surface area contributed by atoms with Crippen LogP contribution in [0.4, 0.5) is 0 Å². The van der Waals surface area contributed by atoms with Crippen LogP contribution in [0.15, 0.2) is 0 Å². The van der Waals surface area contributed by atoms with Crippen molar-refractivity contribution >= 4 is 29.5 Å². The number of rotatable bonds is 2. The standard InChI is InChI=1S/C13H20N2OS2/c1-8-4-5-15(7-9(8)2)12(16)6-11-10(3)14-13(17)18-11/h8-9H,4-7H2,1-3H3,(H,14,17). The van der Waals surface area contributed by atoms with Crippen molar-refractivity contribution in [2.75, 3.05) is 13.1 Å². The fourth-order valence-corrected chi connectivity index (χ4v) is 3.63. The molecule has 0 spiro atoms. The molecule has 1 aliphatic rings. The molecule has 0 radical (unpaired) electrons. The predicted octanol–water partition coefficient (Wildman–Crippen LogP) is 3.16. The summed E-state index contributed by atoms with van der Waals surface area (Å²) in [5.74, 6) is 1.57. The molecule has 1 aliphatic heterocycles. The Balaban J connectivity index is 2.00. The van der Waals surface area contributed by atoms with E-state index in [2.05, 4.69) is 18.8 Å². The van der Waals surface area contributed by atoms with Crippen molar-refractivity contribution in [1.82, 2.24) is 9.88 Å². The van der Waals surface area contributed by atoms with Gasteiger partial charge < -0.3 is 9.88 Å². The highest BCUT2D eigenvalue weighted by Crippen LogP contribution is 2.24. The third kappa shape index (κ3) is 3.01. The van der Waals surface area contributed by atoms with Crippen LogP contribution >= 0.6 is 23.6 Å². The highest BCUT2D eigenvalue weighted by molar-refractivity contribution is 7.73. The number of nitrogens with zero attached hydrogens (tertiary/aromatic N) is 1. The summed E-state index contributed by atoms with van der Waals surface area (Å²) >= 11 is 6.62. The second-order valence-corrected chi connectivity index (χ2v) is 7.09. The van der Waals surface area contributed by atoms with Crippen LogP contribution in [0.25, 0.3) is 0 Å². The van der Waals surface area contributed by atoms with E-state index in [4.69, 9.17) is 12.2 Å². The van der Waals surface area contributed by atoms with E-state index in [1.807, 2.05) is 11.8 Å². The lowest BCUT2D eigenvalue weighted by atomic mass is 9.88. The van der Waals surface area contributed by atoms with E-state index in [0.717, 1.165) is 40.0 Å². The lowest BCUT2D eigenvalue weighted by Gasteiger charge is -2.35. The minimum atomic E-state index is 0.238. The number of H-pyrrole nitrogens is 1. The van der Waals surface area contributed by atoms with Crippen molar-refractivity contribution < 1.29 is 4.79 Å². The Bertz CT molecular complexity index is 491. The van der Waals surface area contributed by atoms with Crippen LogP contribution in [0.3, 0.4) is 0 Å². The van der Waals surface area contributed by atoms with Gasteiger partial charge in [0.25, 0.3) is 0 Å². The van der Waals surface area contributed by atoms with E-state index in [0.29, 0.717) is 12.3 Å². The maximum atomic E-state index is 12.3. The molecule has 1 fully saturated rings. The summed E-state index contributed by atoms with van der Waals surface area (Å²) in [6, 6.07) is 0. The van der Waals surface area contributed by atoms with Crippen molar-refractivity contribution in [3.63, 3.8) is 0 Å². The van der Waals surface area contributed by atoms with Crippen molar-refractivity contribution in [3.8, 4) is 0 Å². The van der Waals surface area contributed by atoms with Crippen LogP contribution in [0.1, 0.15) is 30.8 Å². The van der Waals surface area contributed by atoms with E-state index < -0.39 is 0 Å². The molecule has 18 heavy (non-hydrogen) atoms. The molecule has 1 amide bonds. The van der Waals surface area contributed by atoms with Gasteiger partial charge in [-0.3, -0.25) is 4.79 Å². The molecular formula is C13H20N2OS2. The van der Waals surface area contributed by atoms with E-state index in [9.17, 15) is 4.79 Å². The van der Waals surface area contributed by atoms with Crippen molar-refractivity contribution in [3.05, 3.63) is 14.5 Å². The molecule has 1 N–H and O–H groups in total. The molecule has 2 heterocycles. The number of piperidine rings is 1. The van der Waals surface area contributed by atoms with Crippen LogP contribution in [-0.4, -0.2) is 28.9 Å². The quantitative estimate of drug-likeness (QED) is 0.847. The monoisotopic (exact) mass is 284 g/mol. The van der Waals surface area contributed by atoms with Gasteiger partial charge in [-0.25, -0.2) is 0 Å². The molecule has 100 valence electrons. The zero-order valence-electron chi connectivity index (χ0n) is 11.2. The summed E-state index contributed by atoms with van der Waals surface area (Å²) in [5, 5.41) is 0. The maximum absolute atomic E-state index is 12.3. The largest absolute Gasteiger partial charge is 0.342 e. The Morgan fingerprint density at radius 1 is 1.50 bits per heavy atom. The van der Waals surface area contributed by atoms with Gasteiger partial charge in [0.05, 0.1) is 6.42 Å². The van der Waals surface area contributed by atoms with Crippen LogP contribution in [0, 0.1) is 22.7 Å². The Morgan fingerprint density at radius 3 is 2.78 bits per heavy atom. The fraction of sp³-hybridized carbons (Fsp3) is 0.692. The van der Waals surface area contributed by atoms with Gasteiger partial charge in [-0.2, -0.15) is 0 Å². The van der Waals surface area contributed by atoms with Gasteiger partial charge in [-0.05, 0) is 37.4 Å². The summed E-state index contributed by atoms with van der Waals surface area (Å²) in [7, 11) is 0. The first-order valence-electron chi connectivity index (χ1n) is 6.43. The molecular weight excluding hydrogens is 264 g/mol. The van der Waals surface area contributed by atoms with Gasteiger partial charge >= 0.3 is 0 Å². The Labute approximate surface area is 117 Å². The van der Waals surface area contributed by atoms with Gasteiger partial charge in [0.1, 0.15) is 0 Å². The van der Waals surface area contributed by atoms with E-state index in [1.165, 1.54) is 11.3 Å². The molecule has 1 saturated heterocycles. The zero-order chi connectivity index (χ0) is 13.3. The molecule has 0 bridgehead atoms. The number of carbonyl (C=O) groups excluding carboxylic acids is 1. The average Bonchev–Trinajstić information content (AvgIpc) is 2.61. The minimum absolute atomic E-state index is 0.238. The van der Waals surface area contributed by atoms with Crippen LogP contribution in [-0.2, 0) is 11.2 Å². The number of aromatic nitrogens is 1. The molecule has 2 unspecified atom stereocenters. The van der Waals surface area contributed by atoms with E-state index >= 15 is 0 Å². The Kier molecular flexibility index (Phi) is 4.22. The zero-order valence-corrected chi connectivity index (χ0v) is 12.8. The van der Waals surface area contributed by atoms with Crippen molar-refractivity contribution in [1.29, 1.82) is 0 Å². The predicted molar refractivity (Wildman–Crippen MR) is 77.5 cm³/mol. The Morgan fingerprint density at radius 2 is 2.22 bits per heavy atom. The number of nitrogens with one attached hydrogen (secondary N) is 1. The highest BCUT2D eigenvalue weighted by atomic mass is 32.1. The fourth-order valence-electron chi connectivity index (χ4n) is 2.34. The highest BCUT2D eigenvalue weighted by Gasteiger charge is 2.26. The van der Waals surface area contributed by atoms with Gasteiger partial charge in [-0.15, -0.1) is 11.3 Å². The number of aryl methyl sites for hydroxylation is 1. The van der Waals surface area contributed by atoms with Crippen molar-refractivity contribution in [2.45, 2.75) is 33.6 Å². The topological polar surface area (TPSA) is 36.1 Å². The second kappa shape index (κ2) is 5.53. The van der Waals surface area contributed by atoms with Gasteiger partial charge in [-0.1, -0.05) is 13.8 Å².